The van der Waals surface area contributed by atoms with Crippen LogP contribution in [0.2, 0.25) is 0 Å². The topological polar surface area (TPSA) is 0 Å². The third-order valence-electron chi connectivity index (χ3n) is 1.90. The fourth-order valence-corrected chi connectivity index (χ4v) is 2.45. The van der Waals surface area contributed by atoms with E-state index in [0.29, 0.717) is 9.60 Å². The molecule has 1 aromatic carbocycles. The Balaban J connectivity index is 2.81. The van der Waals surface area contributed by atoms with Crippen molar-refractivity contribution in [1.29, 1.82) is 0 Å². The molecule has 74 valence electrons. The van der Waals surface area contributed by atoms with Gasteiger partial charge in [0.05, 0.1) is 4.70 Å². The van der Waals surface area contributed by atoms with Crippen molar-refractivity contribution >= 4 is 34.1 Å². The van der Waals surface area contributed by atoms with E-state index in [1.54, 1.807) is 0 Å². The highest BCUT2D eigenvalue weighted by molar-refractivity contribution is 7.80. The molecule has 0 atom stereocenters. The first-order valence-corrected chi connectivity index (χ1v) is 5.05. The van der Waals surface area contributed by atoms with E-state index in [9.17, 15) is 13.2 Å². The lowest BCUT2D eigenvalue weighted by atomic mass is 10.1. The Morgan fingerprint density at radius 3 is 2.64 bits per heavy atom. The molecule has 0 unspecified atom stereocenters. The van der Waals surface area contributed by atoms with Crippen LogP contribution in [-0.4, -0.2) is 0 Å². The highest BCUT2D eigenvalue weighted by Gasteiger charge is 2.15. The number of hydrogen-bond acceptors (Lipinski definition) is 2. The van der Waals surface area contributed by atoms with Gasteiger partial charge in [0.25, 0.3) is 6.43 Å². The molecule has 0 radical (unpaired) electrons. The number of fused-ring (bicyclic) bond motifs is 1. The van der Waals surface area contributed by atoms with Crippen LogP contribution in [0.4, 0.5) is 13.2 Å². The molecule has 14 heavy (non-hydrogen) atoms. The Morgan fingerprint density at radius 1 is 1.29 bits per heavy atom. The minimum atomic E-state index is -2.58. The van der Waals surface area contributed by atoms with Gasteiger partial charge >= 0.3 is 0 Å². The van der Waals surface area contributed by atoms with E-state index in [4.69, 9.17) is 0 Å². The summed E-state index contributed by atoms with van der Waals surface area (Å²) in [4.78, 5) is 0.526. The predicted octanol–water partition coefficient (Wildman–Crippen LogP) is 4.27. The van der Waals surface area contributed by atoms with Crippen LogP contribution in [0.3, 0.4) is 0 Å². The SMILES string of the molecule is Fc1cc2c(C(F)F)ccc(S)c2s1. The van der Waals surface area contributed by atoms with E-state index in [1.165, 1.54) is 12.1 Å². The van der Waals surface area contributed by atoms with Crippen molar-refractivity contribution in [3.8, 4) is 0 Å². The van der Waals surface area contributed by atoms with Gasteiger partial charge in [-0.05, 0) is 12.1 Å². The molecule has 0 saturated carbocycles. The number of thiol groups is 1. The molecule has 0 bridgehead atoms. The summed E-state index contributed by atoms with van der Waals surface area (Å²) in [5.74, 6) is 0. The molecule has 2 rings (SSSR count). The van der Waals surface area contributed by atoms with Crippen molar-refractivity contribution in [2.24, 2.45) is 0 Å². The van der Waals surface area contributed by atoms with E-state index in [1.807, 2.05) is 0 Å². The Bertz CT molecular complexity index is 476. The van der Waals surface area contributed by atoms with Crippen molar-refractivity contribution in [3.05, 3.63) is 28.9 Å². The van der Waals surface area contributed by atoms with E-state index in [0.717, 1.165) is 17.4 Å². The van der Waals surface area contributed by atoms with Crippen molar-refractivity contribution in [2.45, 2.75) is 11.3 Å². The molecule has 2 aromatic rings. The summed E-state index contributed by atoms with van der Waals surface area (Å²) in [6.07, 6.45) is -2.58. The van der Waals surface area contributed by atoms with Crippen LogP contribution in [-0.2, 0) is 0 Å². The average Bonchev–Trinajstić information content (AvgIpc) is 2.47. The average molecular weight is 234 g/mol. The van der Waals surface area contributed by atoms with Crippen LogP contribution in [0.1, 0.15) is 12.0 Å². The molecule has 0 saturated heterocycles. The molecule has 0 spiro atoms. The first kappa shape index (κ1) is 9.86. The normalized spacial score (nSPS) is 11.5. The molecule has 0 aliphatic rings. The van der Waals surface area contributed by atoms with Gasteiger partial charge in [-0.2, -0.15) is 4.39 Å². The van der Waals surface area contributed by atoms with Gasteiger partial charge in [-0.3, -0.25) is 0 Å². The molecular formula is C9H5F3S2. The van der Waals surface area contributed by atoms with E-state index in [2.05, 4.69) is 12.6 Å². The maximum Gasteiger partial charge on any atom is 0.264 e. The van der Waals surface area contributed by atoms with Gasteiger partial charge < -0.3 is 0 Å². The van der Waals surface area contributed by atoms with Crippen LogP contribution in [0.5, 0.6) is 0 Å². The third kappa shape index (κ3) is 1.50. The van der Waals surface area contributed by atoms with Crippen molar-refractivity contribution < 1.29 is 13.2 Å². The summed E-state index contributed by atoms with van der Waals surface area (Å²) >= 11 is 4.91. The second kappa shape index (κ2) is 3.47. The zero-order valence-electron chi connectivity index (χ0n) is 6.80. The molecule has 0 aliphatic heterocycles. The Morgan fingerprint density at radius 2 is 2.00 bits per heavy atom. The van der Waals surface area contributed by atoms with Crippen LogP contribution in [0.15, 0.2) is 23.1 Å². The molecule has 5 heteroatoms. The third-order valence-corrected chi connectivity index (χ3v) is 3.38. The summed E-state index contributed by atoms with van der Waals surface area (Å²) < 4.78 is 38.4. The Kier molecular flexibility index (Phi) is 2.45. The van der Waals surface area contributed by atoms with E-state index in [-0.39, 0.29) is 10.9 Å². The second-order valence-corrected chi connectivity index (χ2v) is 4.25. The van der Waals surface area contributed by atoms with Gasteiger partial charge in [-0.15, -0.1) is 24.0 Å². The van der Waals surface area contributed by atoms with Crippen LogP contribution >= 0.6 is 24.0 Å². The number of hydrogen-bond donors (Lipinski definition) is 1. The molecular weight excluding hydrogens is 229 g/mol. The fourth-order valence-electron chi connectivity index (χ4n) is 1.29. The fraction of sp³-hybridized carbons (Fsp3) is 0.111. The second-order valence-electron chi connectivity index (χ2n) is 2.77. The number of rotatable bonds is 1. The van der Waals surface area contributed by atoms with Gasteiger partial charge in [0.15, 0.2) is 5.13 Å². The number of benzene rings is 1. The molecule has 0 nitrogen and oxygen atoms in total. The summed E-state index contributed by atoms with van der Waals surface area (Å²) in [6.45, 7) is 0. The molecule has 1 heterocycles. The van der Waals surface area contributed by atoms with Crippen molar-refractivity contribution in [3.63, 3.8) is 0 Å². The zero-order chi connectivity index (χ0) is 10.3. The predicted molar refractivity (Wildman–Crippen MR) is 54.0 cm³/mol. The number of halogens is 3. The van der Waals surface area contributed by atoms with Crippen molar-refractivity contribution in [2.75, 3.05) is 0 Å². The van der Waals surface area contributed by atoms with Crippen molar-refractivity contribution in [1.82, 2.24) is 0 Å². The van der Waals surface area contributed by atoms with Crippen LogP contribution < -0.4 is 0 Å². The Hall–Kier alpha value is -0.680. The first-order valence-electron chi connectivity index (χ1n) is 3.78. The number of thiophene rings is 1. The highest BCUT2D eigenvalue weighted by atomic mass is 32.1. The van der Waals surface area contributed by atoms with Gasteiger partial charge in [-0.25, -0.2) is 8.78 Å². The lowest BCUT2D eigenvalue weighted by molar-refractivity contribution is 0.153. The summed E-state index contributed by atoms with van der Waals surface area (Å²) in [7, 11) is 0. The molecule has 0 aliphatic carbocycles. The molecule has 0 fully saturated rings. The van der Waals surface area contributed by atoms with Gasteiger partial charge in [0.1, 0.15) is 0 Å². The minimum Gasteiger partial charge on any atom is -0.205 e. The standard InChI is InChI=1S/C9H5F3S2/c10-7-3-5-4(9(11)12)1-2-6(13)8(5)14-7/h1-3,9,13H. The van der Waals surface area contributed by atoms with E-state index >= 15 is 0 Å². The van der Waals surface area contributed by atoms with Crippen LogP contribution in [0.25, 0.3) is 10.1 Å². The molecule has 0 amide bonds. The van der Waals surface area contributed by atoms with Crippen LogP contribution in [0, 0.1) is 5.13 Å². The summed E-state index contributed by atoms with van der Waals surface area (Å²) in [6, 6.07) is 3.87. The maximum absolute atomic E-state index is 12.9. The lowest BCUT2D eigenvalue weighted by Gasteiger charge is -2.02. The minimum absolute atomic E-state index is 0.141. The zero-order valence-corrected chi connectivity index (χ0v) is 8.51. The molecule has 0 N–H and O–H groups in total. The quantitative estimate of drug-likeness (QED) is 0.700. The summed E-state index contributed by atoms with van der Waals surface area (Å²) in [5, 5.41) is -0.210. The monoisotopic (exact) mass is 234 g/mol. The summed E-state index contributed by atoms with van der Waals surface area (Å²) in [5.41, 5.74) is -0.141. The molecule has 1 aromatic heterocycles. The maximum atomic E-state index is 12.9. The highest BCUT2D eigenvalue weighted by Crippen LogP contribution is 2.36. The Labute approximate surface area is 87.8 Å². The van der Waals surface area contributed by atoms with Gasteiger partial charge in [-0.1, -0.05) is 6.07 Å². The van der Waals surface area contributed by atoms with Gasteiger partial charge in [0.2, 0.25) is 0 Å². The first-order chi connectivity index (χ1) is 6.59. The van der Waals surface area contributed by atoms with Gasteiger partial charge in [0, 0.05) is 15.8 Å². The lowest BCUT2D eigenvalue weighted by Crippen LogP contribution is -1.84. The smallest absolute Gasteiger partial charge is 0.205 e. The number of alkyl halides is 2. The largest absolute Gasteiger partial charge is 0.264 e. The van der Waals surface area contributed by atoms with E-state index < -0.39 is 11.6 Å².